The molecule has 0 bridgehead atoms. The Morgan fingerprint density at radius 2 is 1.70 bits per heavy atom. The smallest absolute Gasteiger partial charge is 0.255 e. The highest BCUT2D eigenvalue weighted by molar-refractivity contribution is 7.13. The van der Waals surface area contributed by atoms with Gasteiger partial charge in [0.15, 0.2) is 0 Å². The van der Waals surface area contributed by atoms with Crippen molar-refractivity contribution in [3.05, 3.63) is 95.5 Å². The zero-order chi connectivity index (χ0) is 18.5. The van der Waals surface area contributed by atoms with E-state index in [2.05, 4.69) is 22.5 Å². The van der Waals surface area contributed by atoms with Gasteiger partial charge in [-0.2, -0.15) is 5.10 Å². The fraction of sp³-hybridized carbons (Fsp3) is 0.0909. The summed E-state index contributed by atoms with van der Waals surface area (Å²) in [5.74, 6) is -0.100. The molecule has 2 aromatic carbocycles. The fourth-order valence-corrected chi connectivity index (χ4v) is 3.63. The number of amides is 1. The van der Waals surface area contributed by atoms with Gasteiger partial charge in [-0.15, -0.1) is 11.3 Å². The lowest BCUT2D eigenvalue weighted by Crippen LogP contribution is -2.25. The minimum absolute atomic E-state index is 0.100. The molecule has 5 heteroatoms. The van der Waals surface area contributed by atoms with Gasteiger partial charge in [-0.1, -0.05) is 54.6 Å². The third kappa shape index (κ3) is 3.99. The van der Waals surface area contributed by atoms with Crippen LogP contribution in [0.2, 0.25) is 0 Å². The lowest BCUT2D eigenvalue weighted by atomic mass is 10.1. The third-order valence-electron chi connectivity index (χ3n) is 4.28. The summed E-state index contributed by atoms with van der Waals surface area (Å²) < 4.78 is 1.77. The van der Waals surface area contributed by atoms with Gasteiger partial charge in [0.05, 0.1) is 16.1 Å². The van der Waals surface area contributed by atoms with Gasteiger partial charge < -0.3 is 5.32 Å². The molecule has 2 aromatic heterocycles. The molecule has 0 spiro atoms. The van der Waals surface area contributed by atoms with Gasteiger partial charge in [-0.25, -0.2) is 4.68 Å². The van der Waals surface area contributed by atoms with E-state index >= 15 is 0 Å². The Kier molecular flexibility index (Phi) is 5.12. The molecule has 0 radical (unpaired) electrons. The van der Waals surface area contributed by atoms with E-state index in [9.17, 15) is 4.79 Å². The molecule has 4 nitrogen and oxygen atoms in total. The summed E-state index contributed by atoms with van der Waals surface area (Å²) in [6.07, 6.45) is 2.61. The maximum atomic E-state index is 12.8. The molecule has 134 valence electrons. The summed E-state index contributed by atoms with van der Waals surface area (Å²) in [5.41, 5.74) is 3.44. The first-order chi connectivity index (χ1) is 13.3. The van der Waals surface area contributed by atoms with Crippen molar-refractivity contribution in [3.63, 3.8) is 0 Å². The van der Waals surface area contributed by atoms with Crippen LogP contribution in [0.4, 0.5) is 0 Å². The molecule has 4 rings (SSSR count). The van der Waals surface area contributed by atoms with E-state index in [1.54, 1.807) is 16.0 Å². The quantitative estimate of drug-likeness (QED) is 0.538. The summed E-state index contributed by atoms with van der Waals surface area (Å²) in [6, 6.07) is 23.9. The van der Waals surface area contributed by atoms with Gasteiger partial charge >= 0.3 is 0 Å². The zero-order valence-corrected chi connectivity index (χ0v) is 15.5. The van der Waals surface area contributed by atoms with Crippen LogP contribution in [0.3, 0.4) is 0 Å². The van der Waals surface area contributed by atoms with Crippen LogP contribution < -0.4 is 5.32 Å². The van der Waals surface area contributed by atoms with Gasteiger partial charge in [0, 0.05) is 12.7 Å². The van der Waals surface area contributed by atoms with Crippen LogP contribution in [0.5, 0.6) is 0 Å². The van der Waals surface area contributed by atoms with Gasteiger partial charge in [-0.3, -0.25) is 4.79 Å². The summed E-state index contributed by atoms with van der Waals surface area (Å²) in [5, 5.41) is 9.70. The predicted molar refractivity (Wildman–Crippen MR) is 109 cm³/mol. The molecule has 0 fully saturated rings. The van der Waals surface area contributed by atoms with E-state index in [4.69, 9.17) is 0 Å². The van der Waals surface area contributed by atoms with Crippen molar-refractivity contribution in [2.24, 2.45) is 0 Å². The first-order valence-electron chi connectivity index (χ1n) is 8.82. The average Bonchev–Trinajstić information content (AvgIpc) is 3.39. The van der Waals surface area contributed by atoms with Gasteiger partial charge in [-0.05, 0) is 35.6 Å². The van der Waals surface area contributed by atoms with E-state index < -0.39 is 0 Å². The number of benzene rings is 2. The predicted octanol–water partition coefficient (Wildman–Crippen LogP) is 4.57. The van der Waals surface area contributed by atoms with Crippen molar-refractivity contribution in [2.75, 3.05) is 6.54 Å². The Morgan fingerprint density at radius 3 is 2.41 bits per heavy atom. The van der Waals surface area contributed by atoms with Crippen molar-refractivity contribution in [1.82, 2.24) is 15.1 Å². The second-order valence-electron chi connectivity index (χ2n) is 6.14. The minimum Gasteiger partial charge on any atom is -0.352 e. The molecule has 0 unspecified atom stereocenters. The van der Waals surface area contributed by atoms with Gasteiger partial charge in [0.2, 0.25) is 0 Å². The summed E-state index contributed by atoms with van der Waals surface area (Å²) in [7, 11) is 0. The number of carbonyl (C=O) groups is 1. The van der Waals surface area contributed by atoms with Crippen LogP contribution in [-0.4, -0.2) is 22.2 Å². The first-order valence-corrected chi connectivity index (χ1v) is 9.70. The highest BCUT2D eigenvalue weighted by atomic mass is 32.1. The molecular formula is C22H19N3OS. The minimum atomic E-state index is -0.100. The van der Waals surface area contributed by atoms with E-state index in [-0.39, 0.29) is 5.91 Å². The topological polar surface area (TPSA) is 46.9 Å². The number of hydrogen-bond acceptors (Lipinski definition) is 3. The van der Waals surface area contributed by atoms with Crippen LogP contribution in [0.1, 0.15) is 15.9 Å². The van der Waals surface area contributed by atoms with E-state index in [0.29, 0.717) is 17.8 Å². The second kappa shape index (κ2) is 8.01. The van der Waals surface area contributed by atoms with Crippen LogP contribution in [-0.2, 0) is 6.42 Å². The zero-order valence-electron chi connectivity index (χ0n) is 14.7. The van der Waals surface area contributed by atoms with Gasteiger partial charge in [0.25, 0.3) is 5.91 Å². The summed E-state index contributed by atoms with van der Waals surface area (Å²) in [6.45, 7) is 0.587. The first kappa shape index (κ1) is 17.2. The average molecular weight is 373 g/mol. The molecule has 0 aliphatic heterocycles. The highest BCUT2D eigenvalue weighted by Gasteiger charge is 2.19. The van der Waals surface area contributed by atoms with Crippen LogP contribution >= 0.6 is 11.3 Å². The summed E-state index contributed by atoms with van der Waals surface area (Å²) in [4.78, 5) is 13.8. The molecule has 0 saturated carbocycles. The monoisotopic (exact) mass is 373 g/mol. The molecule has 2 heterocycles. The standard InChI is InChI=1S/C22H19N3OS/c26-22(23-14-13-17-8-3-1-4-9-17)19-16-25(18-10-5-2-6-11-18)24-21(19)20-12-7-15-27-20/h1-12,15-16H,13-14H2,(H,23,26). The SMILES string of the molecule is O=C(NCCc1ccccc1)c1cn(-c2ccccc2)nc1-c1cccs1. The largest absolute Gasteiger partial charge is 0.352 e. The molecule has 4 aromatic rings. The van der Waals surface area contributed by atoms with Crippen molar-refractivity contribution in [3.8, 4) is 16.3 Å². The van der Waals surface area contributed by atoms with Crippen molar-refractivity contribution >= 4 is 17.2 Å². The number of carbonyl (C=O) groups excluding carboxylic acids is 1. The Balaban J connectivity index is 1.57. The second-order valence-corrected chi connectivity index (χ2v) is 7.09. The third-order valence-corrected chi connectivity index (χ3v) is 5.15. The van der Waals surface area contributed by atoms with E-state index in [1.165, 1.54) is 5.56 Å². The number of para-hydroxylation sites is 1. The Hall–Kier alpha value is -3.18. The number of nitrogens with zero attached hydrogens (tertiary/aromatic N) is 2. The van der Waals surface area contributed by atoms with Crippen LogP contribution in [0.15, 0.2) is 84.4 Å². The Bertz CT molecular complexity index is 1010. The molecular weight excluding hydrogens is 354 g/mol. The molecule has 0 aliphatic carbocycles. The normalized spacial score (nSPS) is 10.7. The molecule has 27 heavy (non-hydrogen) atoms. The van der Waals surface area contributed by atoms with Crippen LogP contribution in [0.25, 0.3) is 16.3 Å². The van der Waals surface area contributed by atoms with Crippen LogP contribution in [0, 0.1) is 0 Å². The van der Waals surface area contributed by atoms with E-state index in [1.807, 2.05) is 72.2 Å². The Morgan fingerprint density at radius 1 is 0.963 bits per heavy atom. The molecule has 0 saturated heterocycles. The molecule has 1 N–H and O–H groups in total. The number of hydrogen-bond donors (Lipinski definition) is 1. The van der Waals surface area contributed by atoms with E-state index in [0.717, 1.165) is 17.0 Å². The maximum Gasteiger partial charge on any atom is 0.255 e. The molecule has 0 atom stereocenters. The fourth-order valence-electron chi connectivity index (χ4n) is 2.91. The number of rotatable bonds is 6. The Labute approximate surface area is 162 Å². The summed E-state index contributed by atoms with van der Waals surface area (Å²) >= 11 is 1.58. The highest BCUT2D eigenvalue weighted by Crippen LogP contribution is 2.27. The molecule has 0 aliphatic rings. The molecule has 1 amide bonds. The maximum absolute atomic E-state index is 12.8. The number of aromatic nitrogens is 2. The lowest BCUT2D eigenvalue weighted by Gasteiger charge is -2.05. The van der Waals surface area contributed by atoms with Crippen molar-refractivity contribution in [1.29, 1.82) is 0 Å². The number of thiophene rings is 1. The lowest BCUT2D eigenvalue weighted by molar-refractivity contribution is 0.0955. The van der Waals surface area contributed by atoms with Gasteiger partial charge in [0.1, 0.15) is 5.69 Å². The number of nitrogens with one attached hydrogen (secondary N) is 1. The van der Waals surface area contributed by atoms with Crippen molar-refractivity contribution in [2.45, 2.75) is 6.42 Å². The van der Waals surface area contributed by atoms with Crippen molar-refractivity contribution < 1.29 is 4.79 Å².